The van der Waals surface area contributed by atoms with Crippen molar-refractivity contribution in [1.29, 1.82) is 0 Å². The lowest BCUT2D eigenvalue weighted by Gasteiger charge is -2.21. The fraction of sp³-hybridized carbons (Fsp3) is 0.500. The Morgan fingerprint density at radius 1 is 1.56 bits per heavy atom. The van der Waals surface area contributed by atoms with Gasteiger partial charge in [0.1, 0.15) is 11.7 Å². The lowest BCUT2D eigenvalue weighted by Crippen LogP contribution is -2.42. The number of rotatable bonds is 4. The number of carbonyl (C=O) groups excluding carboxylic acids is 1. The maximum atomic E-state index is 12.3. The van der Waals surface area contributed by atoms with Crippen LogP contribution in [0, 0.1) is 0 Å². The molecule has 6 heteroatoms. The van der Waals surface area contributed by atoms with Crippen molar-refractivity contribution >= 4 is 23.6 Å². The Morgan fingerprint density at radius 3 is 3.00 bits per heavy atom. The highest BCUT2D eigenvalue weighted by Gasteiger charge is 2.35. The Morgan fingerprint density at radius 2 is 2.33 bits per heavy atom. The van der Waals surface area contributed by atoms with Crippen molar-refractivity contribution in [1.82, 2.24) is 9.47 Å². The predicted molar refractivity (Wildman–Crippen MR) is 69.6 cm³/mol. The Hall–Kier alpha value is -1.43. The average molecular weight is 268 g/mol. The lowest BCUT2D eigenvalue weighted by molar-refractivity contribution is -0.140. The number of hydrogen-bond donors (Lipinski definition) is 1. The van der Waals surface area contributed by atoms with Gasteiger partial charge in [-0.3, -0.25) is 4.79 Å². The summed E-state index contributed by atoms with van der Waals surface area (Å²) in [6.07, 6.45) is 2.79. The molecule has 0 bridgehead atoms. The van der Waals surface area contributed by atoms with Gasteiger partial charge in [0.25, 0.3) is 5.91 Å². The first-order chi connectivity index (χ1) is 8.65. The number of thioether (sulfide) groups is 1. The number of carboxylic acids is 1. The average Bonchev–Trinajstić information content (AvgIpc) is 2.96. The van der Waals surface area contributed by atoms with E-state index in [1.54, 1.807) is 6.07 Å². The second kappa shape index (κ2) is 5.48. The van der Waals surface area contributed by atoms with Crippen LogP contribution < -0.4 is 0 Å². The second-order valence-corrected chi connectivity index (χ2v) is 5.22. The molecule has 1 aliphatic rings. The summed E-state index contributed by atoms with van der Waals surface area (Å²) in [6.45, 7) is 2.81. The molecule has 1 aromatic rings. The minimum atomic E-state index is -0.929. The van der Waals surface area contributed by atoms with Crippen molar-refractivity contribution in [2.45, 2.75) is 25.9 Å². The maximum Gasteiger partial charge on any atom is 0.327 e. The van der Waals surface area contributed by atoms with Crippen LogP contribution in [0.5, 0.6) is 0 Å². The first-order valence-electron chi connectivity index (χ1n) is 5.91. The van der Waals surface area contributed by atoms with Gasteiger partial charge in [0.2, 0.25) is 0 Å². The SMILES string of the molecule is CCCn1cccc1C(=O)N1CSCC1C(=O)O. The van der Waals surface area contributed by atoms with E-state index in [1.807, 2.05) is 23.8 Å². The van der Waals surface area contributed by atoms with Crippen LogP contribution in [0.4, 0.5) is 0 Å². The fourth-order valence-corrected chi connectivity index (χ4v) is 3.18. The minimum Gasteiger partial charge on any atom is -0.480 e. The van der Waals surface area contributed by atoms with Crippen molar-refractivity contribution in [3.8, 4) is 0 Å². The molecule has 0 saturated carbocycles. The molecule has 1 saturated heterocycles. The van der Waals surface area contributed by atoms with E-state index < -0.39 is 12.0 Å². The molecule has 1 N–H and O–H groups in total. The van der Waals surface area contributed by atoms with Gasteiger partial charge in [-0.05, 0) is 18.6 Å². The van der Waals surface area contributed by atoms with Gasteiger partial charge in [-0.15, -0.1) is 11.8 Å². The Bertz CT molecular complexity index is 458. The van der Waals surface area contributed by atoms with Gasteiger partial charge in [0.05, 0.1) is 5.88 Å². The highest BCUT2D eigenvalue weighted by molar-refractivity contribution is 7.99. The number of amides is 1. The van der Waals surface area contributed by atoms with E-state index in [1.165, 1.54) is 16.7 Å². The van der Waals surface area contributed by atoms with Crippen LogP contribution in [0.1, 0.15) is 23.8 Å². The van der Waals surface area contributed by atoms with Crippen molar-refractivity contribution in [2.75, 3.05) is 11.6 Å². The lowest BCUT2D eigenvalue weighted by atomic mass is 10.2. The van der Waals surface area contributed by atoms with Gasteiger partial charge in [0, 0.05) is 18.5 Å². The number of carboxylic acid groups (broad SMARTS) is 1. The summed E-state index contributed by atoms with van der Waals surface area (Å²) in [5.41, 5.74) is 0.575. The highest BCUT2D eigenvalue weighted by Crippen LogP contribution is 2.23. The monoisotopic (exact) mass is 268 g/mol. The van der Waals surface area contributed by atoms with E-state index in [9.17, 15) is 9.59 Å². The molecule has 0 spiro atoms. The van der Waals surface area contributed by atoms with Gasteiger partial charge >= 0.3 is 5.97 Å². The molecular formula is C12H16N2O3S. The van der Waals surface area contributed by atoms with Crippen LogP contribution >= 0.6 is 11.8 Å². The Kier molecular flexibility index (Phi) is 3.96. The largest absolute Gasteiger partial charge is 0.480 e. The Labute approximate surface area is 110 Å². The van der Waals surface area contributed by atoms with Crippen molar-refractivity contribution in [3.63, 3.8) is 0 Å². The van der Waals surface area contributed by atoms with E-state index in [-0.39, 0.29) is 5.91 Å². The van der Waals surface area contributed by atoms with Gasteiger partial charge in [-0.25, -0.2) is 4.79 Å². The van der Waals surface area contributed by atoms with Crippen molar-refractivity contribution in [3.05, 3.63) is 24.0 Å². The van der Waals surface area contributed by atoms with Crippen LogP contribution in [0.3, 0.4) is 0 Å². The summed E-state index contributed by atoms with van der Waals surface area (Å²) in [6, 6.07) is 2.87. The second-order valence-electron chi connectivity index (χ2n) is 4.22. The smallest absolute Gasteiger partial charge is 0.327 e. The molecule has 1 aromatic heterocycles. The summed E-state index contributed by atoms with van der Waals surface area (Å²) >= 11 is 1.48. The van der Waals surface area contributed by atoms with Crippen molar-refractivity contribution in [2.24, 2.45) is 0 Å². The van der Waals surface area contributed by atoms with Crippen LogP contribution in [-0.4, -0.2) is 44.1 Å². The molecular weight excluding hydrogens is 252 g/mol. The summed E-state index contributed by atoms with van der Waals surface area (Å²) in [4.78, 5) is 24.9. The van der Waals surface area contributed by atoms with Gasteiger partial charge in [0.15, 0.2) is 0 Å². The molecule has 1 fully saturated rings. The predicted octanol–water partition coefficient (Wildman–Crippen LogP) is 1.50. The molecule has 0 aromatic carbocycles. The van der Waals surface area contributed by atoms with E-state index in [2.05, 4.69) is 0 Å². The third-order valence-electron chi connectivity index (χ3n) is 2.94. The van der Waals surface area contributed by atoms with Gasteiger partial charge in [-0.1, -0.05) is 6.92 Å². The number of nitrogens with zero attached hydrogens (tertiary/aromatic N) is 2. The van der Waals surface area contributed by atoms with Crippen molar-refractivity contribution < 1.29 is 14.7 Å². The molecule has 0 aliphatic carbocycles. The van der Waals surface area contributed by atoms with E-state index in [4.69, 9.17) is 5.11 Å². The zero-order chi connectivity index (χ0) is 13.1. The van der Waals surface area contributed by atoms with Gasteiger partial charge < -0.3 is 14.6 Å². The normalized spacial score (nSPS) is 19.2. The molecule has 98 valence electrons. The zero-order valence-electron chi connectivity index (χ0n) is 10.2. The standard InChI is InChI=1S/C12H16N2O3S/c1-2-5-13-6-3-4-9(13)11(15)14-8-18-7-10(14)12(16)17/h3-4,6,10H,2,5,7-8H2,1H3,(H,16,17). The third kappa shape index (κ3) is 2.38. The summed E-state index contributed by atoms with van der Waals surface area (Å²) < 4.78 is 1.88. The number of hydrogen-bond acceptors (Lipinski definition) is 3. The summed E-state index contributed by atoms with van der Waals surface area (Å²) in [7, 11) is 0. The van der Waals surface area contributed by atoms with Crippen LogP contribution in [0.2, 0.25) is 0 Å². The molecule has 5 nitrogen and oxygen atoms in total. The molecule has 1 unspecified atom stereocenters. The van der Waals surface area contributed by atoms with E-state index in [0.717, 1.165) is 13.0 Å². The van der Waals surface area contributed by atoms with E-state index >= 15 is 0 Å². The van der Waals surface area contributed by atoms with Crippen LogP contribution in [0.25, 0.3) is 0 Å². The summed E-state index contributed by atoms with van der Waals surface area (Å²) in [5, 5.41) is 9.09. The number of aryl methyl sites for hydroxylation is 1. The van der Waals surface area contributed by atoms with Crippen LogP contribution in [0.15, 0.2) is 18.3 Å². The molecule has 18 heavy (non-hydrogen) atoms. The topological polar surface area (TPSA) is 62.5 Å². The number of carbonyl (C=O) groups is 2. The maximum absolute atomic E-state index is 12.3. The molecule has 1 amide bonds. The highest BCUT2D eigenvalue weighted by atomic mass is 32.2. The summed E-state index contributed by atoms with van der Waals surface area (Å²) in [5.74, 6) is -0.198. The van der Waals surface area contributed by atoms with Crippen LogP contribution in [-0.2, 0) is 11.3 Å². The van der Waals surface area contributed by atoms with E-state index in [0.29, 0.717) is 17.3 Å². The first-order valence-corrected chi connectivity index (χ1v) is 7.07. The molecule has 2 heterocycles. The molecule has 1 aliphatic heterocycles. The third-order valence-corrected chi connectivity index (χ3v) is 3.95. The molecule has 0 radical (unpaired) electrons. The first kappa shape index (κ1) is 13.0. The number of aliphatic carboxylic acids is 1. The minimum absolute atomic E-state index is 0.189. The quantitative estimate of drug-likeness (QED) is 0.899. The Balaban J connectivity index is 2.20. The zero-order valence-corrected chi connectivity index (χ0v) is 11.0. The van der Waals surface area contributed by atoms with Gasteiger partial charge in [-0.2, -0.15) is 0 Å². The fourth-order valence-electron chi connectivity index (χ4n) is 2.04. The number of aromatic nitrogens is 1. The molecule has 1 atom stereocenters. The molecule has 2 rings (SSSR count).